The van der Waals surface area contributed by atoms with Crippen LogP contribution in [0.2, 0.25) is 0 Å². The van der Waals surface area contributed by atoms with E-state index in [2.05, 4.69) is 21.7 Å². The van der Waals surface area contributed by atoms with Crippen molar-refractivity contribution in [1.29, 1.82) is 5.26 Å². The van der Waals surface area contributed by atoms with Gasteiger partial charge in [0.2, 0.25) is 5.91 Å². The lowest BCUT2D eigenvalue weighted by atomic mass is 9.94. The van der Waals surface area contributed by atoms with Crippen LogP contribution in [0.5, 0.6) is 0 Å². The molecule has 34 heavy (non-hydrogen) atoms. The van der Waals surface area contributed by atoms with Gasteiger partial charge in [-0.25, -0.2) is 9.78 Å². The largest absolute Gasteiger partial charge is 0.446 e. The van der Waals surface area contributed by atoms with Crippen molar-refractivity contribution in [2.75, 3.05) is 24.3 Å². The number of rotatable bonds is 7. The third-order valence-corrected chi connectivity index (χ3v) is 8.18. The Morgan fingerprint density at radius 1 is 1.38 bits per heavy atom. The number of nitrogens with one attached hydrogen (secondary N) is 2. The molecule has 0 aromatic carbocycles. The molecule has 0 spiro atoms. The van der Waals surface area contributed by atoms with Crippen LogP contribution in [0.1, 0.15) is 32.9 Å². The number of thiazole rings is 1. The van der Waals surface area contributed by atoms with E-state index in [-0.39, 0.29) is 12.0 Å². The average molecular weight is 514 g/mol. The van der Waals surface area contributed by atoms with Crippen molar-refractivity contribution < 1.29 is 14.3 Å². The summed E-state index contributed by atoms with van der Waals surface area (Å²) in [5.41, 5.74) is 2.39. The van der Waals surface area contributed by atoms with Crippen molar-refractivity contribution >= 4 is 62.2 Å². The smallest absolute Gasteiger partial charge is 0.407 e. The lowest BCUT2D eigenvalue weighted by Gasteiger charge is -2.22. The molecule has 2 N–H and O–H groups in total. The van der Waals surface area contributed by atoms with Crippen LogP contribution in [-0.2, 0) is 28.9 Å². The second kappa shape index (κ2) is 10.8. The maximum absolute atomic E-state index is 12.3. The summed E-state index contributed by atoms with van der Waals surface area (Å²) in [6, 6.07) is 4.15. The lowest BCUT2D eigenvalue weighted by molar-refractivity contribution is -0.111. The van der Waals surface area contributed by atoms with Crippen LogP contribution >= 0.6 is 34.0 Å². The predicted octanol–water partition coefficient (Wildman–Crippen LogP) is 4.64. The Balaban J connectivity index is 1.33. The minimum Gasteiger partial charge on any atom is -0.446 e. The number of hydrogen-bond donors (Lipinski definition) is 2. The predicted molar refractivity (Wildman–Crippen MR) is 137 cm³/mol. The first-order valence-corrected chi connectivity index (χ1v) is 13.1. The molecule has 4 rings (SSSR count). The standard InChI is InChI=1S/C23H23N5O3S3/c1-28(2)22-25-11-16(33-22)12-26-23(30)31-15-4-5-17-18(10-24)21(34-19(17)9-15)27-20(29)6-3-14-7-8-32-13-14/h3,6-8,11,13,15H,4-5,9,12H2,1-2H3,(H,26,30)(H,27,29)/b6-3+. The Kier molecular flexibility index (Phi) is 7.62. The highest BCUT2D eigenvalue weighted by Crippen LogP contribution is 2.38. The summed E-state index contributed by atoms with van der Waals surface area (Å²) in [4.78, 5) is 32.8. The van der Waals surface area contributed by atoms with E-state index < -0.39 is 6.09 Å². The third kappa shape index (κ3) is 5.83. The Morgan fingerprint density at radius 2 is 2.24 bits per heavy atom. The van der Waals surface area contributed by atoms with Crippen molar-refractivity contribution in [3.05, 3.63) is 55.5 Å². The molecule has 0 radical (unpaired) electrons. The molecule has 3 aromatic heterocycles. The number of nitriles is 1. The summed E-state index contributed by atoms with van der Waals surface area (Å²) < 4.78 is 5.62. The number of thiophene rings is 2. The molecule has 176 valence electrons. The molecule has 0 saturated carbocycles. The second-order valence-electron chi connectivity index (χ2n) is 7.83. The van der Waals surface area contributed by atoms with Crippen LogP contribution in [-0.4, -0.2) is 37.2 Å². The summed E-state index contributed by atoms with van der Waals surface area (Å²) in [6.45, 7) is 0.356. The molecule has 11 heteroatoms. The van der Waals surface area contributed by atoms with Crippen molar-refractivity contribution in [2.24, 2.45) is 0 Å². The molecule has 1 unspecified atom stereocenters. The number of carbonyl (C=O) groups is 2. The fraction of sp³-hybridized carbons (Fsp3) is 0.304. The quantitative estimate of drug-likeness (QED) is 0.446. The van der Waals surface area contributed by atoms with Gasteiger partial charge in [0.1, 0.15) is 17.2 Å². The zero-order valence-electron chi connectivity index (χ0n) is 18.7. The van der Waals surface area contributed by atoms with Gasteiger partial charge >= 0.3 is 6.09 Å². The first kappa shape index (κ1) is 23.9. The highest BCUT2D eigenvalue weighted by Gasteiger charge is 2.28. The van der Waals surface area contributed by atoms with Gasteiger partial charge in [0, 0.05) is 42.5 Å². The molecule has 1 atom stereocenters. The summed E-state index contributed by atoms with van der Waals surface area (Å²) in [6.07, 6.45) is 5.96. The molecule has 1 aliphatic carbocycles. The Labute approximate surface area is 209 Å². The van der Waals surface area contributed by atoms with Crippen molar-refractivity contribution in [3.8, 4) is 6.07 Å². The Morgan fingerprint density at radius 3 is 2.94 bits per heavy atom. The molecule has 3 aromatic rings. The van der Waals surface area contributed by atoms with Crippen LogP contribution in [0.3, 0.4) is 0 Å². The molecular weight excluding hydrogens is 490 g/mol. The number of nitrogens with zero attached hydrogens (tertiary/aromatic N) is 3. The highest BCUT2D eigenvalue weighted by molar-refractivity contribution is 7.16. The Bertz CT molecular complexity index is 1240. The van der Waals surface area contributed by atoms with Crippen LogP contribution < -0.4 is 15.5 Å². The molecule has 0 bridgehead atoms. The zero-order chi connectivity index (χ0) is 24.1. The molecule has 1 aliphatic rings. The summed E-state index contributed by atoms with van der Waals surface area (Å²) in [5.74, 6) is -0.283. The monoisotopic (exact) mass is 513 g/mol. The van der Waals surface area contributed by atoms with Crippen LogP contribution in [0, 0.1) is 11.3 Å². The SMILES string of the molecule is CN(C)c1ncc(CNC(=O)OC2CCc3c(sc(NC(=O)/C=C/c4ccsc4)c3C#N)C2)s1. The number of alkyl carbamates (subject to hydrolysis) is 1. The van der Waals surface area contributed by atoms with Gasteiger partial charge in [-0.15, -0.1) is 22.7 Å². The van der Waals surface area contributed by atoms with Gasteiger partial charge in [-0.2, -0.15) is 16.6 Å². The fourth-order valence-corrected chi connectivity index (χ4v) is 6.16. The van der Waals surface area contributed by atoms with Crippen LogP contribution in [0.15, 0.2) is 29.1 Å². The number of ether oxygens (including phenoxy) is 1. The fourth-order valence-electron chi connectivity index (χ4n) is 3.50. The van der Waals surface area contributed by atoms with E-state index in [1.165, 1.54) is 28.7 Å². The van der Waals surface area contributed by atoms with E-state index in [1.807, 2.05) is 35.8 Å². The maximum Gasteiger partial charge on any atom is 0.407 e. The molecule has 2 amide bonds. The van der Waals surface area contributed by atoms with E-state index in [0.29, 0.717) is 36.4 Å². The van der Waals surface area contributed by atoms with Gasteiger partial charge in [0.15, 0.2) is 5.13 Å². The van der Waals surface area contributed by atoms with Crippen molar-refractivity contribution in [2.45, 2.75) is 31.9 Å². The van der Waals surface area contributed by atoms with Crippen LogP contribution in [0.4, 0.5) is 14.9 Å². The van der Waals surface area contributed by atoms with E-state index in [9.17, 15) is 14.9 Å². The van der Waals surface area contributed by atoms with Gasteiger partial charge in [0.25, 0.3) is 0 Å². The number of fused-ring (bicyclic) bond motifs is 1. The van der Waals surface area contributed by atoms with E-state index >= 15 is 0 Å². The number of carbonyl (C=O) groups excluding carboxylic acids is 2. The number of aromatic nitrogens is 1. The molecule has 0 saturated heterocycles. The second-order valence-corrected chi connectivity index (χ2v) is 10.8. The first-order valence-electron chi connectivity index (χ1n) is 10.6. The van der Waals surface area contributed by atoms with Gasteiger partial charge < -0.3 is 20.3 Å². The Hall–Kier alpha value is -3.20. The minimum absolute atomic E-state index is 0.279. The first-order chi connectivity index (χ1) is 16.4. The molecule has 0 aliphatic heterocycles. The van der Waals surface area contributed by atoms with Gasteiger partial charge in [-0.05, 0) is 46.9 Å². The zero-order valence-corrected chi connectivity index (χ0v) is 21.1. The summed E-state index contributed by atoms with van der Waals surface area (Å²) in [5, 5.41) is 20.6. The average Bonchev–Trinajstić information content (AvgIpc) is 3.55. The summed E-state index contributed by atoms with van der Waals surface area (Å²) in [7, 11) is 3.84. The molecule has 0 fully saturated rings. The number of amides is 2. The topological polar surface area (TPSA) is 107 Å². The minimum atomic E-state index is -0.475. The van der Waals surface area contributed by atoms with E-state index in [0.717, 1.165) is 26.0 Å². The highest BCUT2D eigenvalue weighted by atomic mass is 32.1. The maximum atomic E-state index is 12.3. The molecule has 8 nitrogen and oxygen atoms in total. The van der Waals surface area contributed by atoms with Gasteiger partial charge in [-0.1, -0.05) is 0 Å². The van der Waals surface area contributed by atoms with Crippen molar-refractivity contribution in [1.82, 2.24) is 10.3 Å². The van der Waals surface area contributed by atoms with E-state index in [4.69, 9.17) is 4.74 Å². The van der Waals surface area contributed by atoms with Gasteiger partial charge in [-0.3, -0.25) is 4.79 Å². The van der Waals surface area contributed by atoms with E-state index in [1.54, 1.807) is 23.6 Å². The van der Waals surface area contributed by atoms with Crippen LogP contribution in [0.25, 0.3) is 6.08 Å². The number of anilines is 2. The summed E-state index contributed by atoms with van der Waals surface area (Å²) >= 11 is 4.45. The third-order valence-electron chi connectivity index (χ3n) is 5.14. The normalized spacial score (nSPS) is 14.9. The lowest BCUT2D eigenvalue weighted by Crippen LogP contribution is -2.31. The number of hydrogen-bond acceptors (Lipinski definition) is 9. The molecular formula is C23H23N5O3S3. The van der Waals surface area contributed by atoms with Gasteiger partial charge in [0.05, 0.1) is 12.1 Å². The molecule has 3 heterocycles. The van der Waals surface area contributed by atoms with Crippen molar-refractivity contribution in [3.63, 3.8) is 0 Å².